The Labute approximate surface area is 106 Å². The summed E-state index contributed by atoms with van der Waals surface area (Å²) in [7, 11) is 0. The molecule has 0 aliphatic heterocycles. The highest BCUT2D eigenvalue weighted by Crippen LogP contribution is 2.33. The minimum atomic E-state index is 0.491. The van der Waals surface area contributed by atoms with Crippen LogP contribution in [0.15, 0.2) is 0 Å². The molecule has 0 amide bonds. The Bertz CT molecular complexity index is 187. The Kier molecular flexibility index (Phi) is 7.82. The van der Waals surface area contributed by atoms with Gasteiger partial charge in [-0.05, 0) is 44.4 Å². The van der Waals surface area contributed by atoms with Gasteiger partial charge < -0.3 is 4.74 Å². The predicted molar refractivity (Wildman–Crippen MR) is 72.6 cm³/mol. The van der Waals surface area contributed by atoms with E-state index in [1.165, 1.54) is 32.1 Å². The molecule has 1 aliphatic carbocycles. The summed E-state index contributed by atoms with van der Waals surface area (Å²) in [5.41, 5.74) is 3.04. The van der Waals surface area contributed by atoms with Crippen molar-refractivity contribution in [2.45, 2.75) is 64.8 Å². The number of hydrogen-bond acceptors (Lipinski definition) is 3. The number of nitrogens with one attached hydrogen (secondary N) is 1. The molecule has 0 aromatic heterocycles. The van der Waals surface area contributed by atoms with E-state index in [0.717, 1.165) is 37.9 Å². The molecule has 3 N–H and O–H groups in total. The molecule has 0 radical (unpaired) electrons. The van der Waals surface area contributed by atoms with Crippen LogP contribution in [0.4, 0.5) is 0 Å². The lowest BCUT2D eigenvalue weighted by atomic mass is 9.76. The molecule has 0 bridgehead atoms. The van der Waals surface area contributed by atoms with E-state index in [1.54, 1.807) is 0 Å². The number of nitrogens with two attached hydrogens (primary N) is 1. The molecule has 0 aromatic carbocycles. The first-order chi connectivity index (χ1) is 8.31. The van der Waals surface area contributed by atoms with Crippen LogP contribution in [0.1, 0.15) is 58.8 Å². The molecule has 3 heteroatoms. The lowest BCUT2D eigenvalue weighted by Gasteiger charge is -2.34. The van der Waals surface area contributed by atoms with Crippen LogP contribution in [-0.2, 0) is 4.74 Å². The maximum atomic E-state index is 5.71. The van der Waals surface area contributed by atoms with E-state index in [4.69, 9.17) is 10.6 Å². The number of hydrogen-bond donors (Lipinski definition) is 2. The Morgan fingerprint density at radius 2 is 2.18 bits per heavy atom. The third-order valence-corrected chi connectivity index (χ3v) is 4.19. The minimum absolute atomic E-state index is 0.491. The molecule has 102 valence electrons. The molecular weight excluding hydrogens is 212 g/mol. The molecule has 0 heterocycles. The SMILES string of the molecule is CCOCCCC(NN)C1CCCC(CC)C1. The molecular formula is C14H30N2O. The van der Waals surface area contributed by atoms with Crippen molar-refractivity contribution in [2.24, 2.45) is 17.7 Å². The maximum Gasteiger partial charge on any atom is 0.0466 e. The normalized spacial score (nSPS) is 27.0. The zero-order valence-electron chi connectivity index (χ0n) is 11.6. The van der Waals surface area contributed by atoms with Crippen molar-refractivity contribution in [1.29, 1.82) is 0 Å². The summed E-state index contributed by atoms with van der Waals surface area (Å²) in [6.07, 6.45) is 9.11. The fraction of sp³-hybridized carbons (Fsp3) is 1.00. The molecule has 17 heavy (non-hydrogen) atoms. The summed E-state index contributed by atoms with van der Waals surface area (Å²) in [4.78, 5) is 0. The standard InChI is InChI=1S/C14H30N2O/c1-3-12-7-5-8-13(11-12)14(16-15)9-6-10-17-4-2/h12-14,16H,3-11,15H2,1-2H3. The molecule has 0 spiro atoms. The molecule has 3 atom stereocenters. The van der Waals surface area contributed by atoms with Gasteiger partial charge in [0.1, 0.15) is 0 Å². The number of rotatable bonds is 8. The highest BCUT2D eigenvalue weighted by Gasteiger charge is 2.26. The van der Waals surface area contributed by atoms with Crippen LogP contribution < -0.4 is 11.3 Å². The van der Waals surface area contributed by atoms with Crippen molar-refractivity contribution in [3.05, 3.63) is 0 Å². The van der Waals surface area contributed by atoms with Crippen LogP contribution in [0.5, 0.6) is 0 Å². The first kappa shape index (κ1) is 14.9. The summed E-state index contributed by atoms with van der Waals surface area (Å²) < 4.78 is 5.39. The highest BCUT2D eigenvalue weighted by atomic mass is 16.5. The second kappa shape index (κ2) is 8.90. The molecule has 3 nitrogen and oxygen atoms in total. The lowest BCUT2D eigenvalue weighted by Crippen LogP contribution is -2.42. The van der Waals surface area contributed by atoms with Gasteiger partial charge in [-0.15, -0.1) is 0 Å². The second-order valence-electron chi connectivity index (χ2n) is 5.31. The smallest absolute Gasteiger partial charge is 0.0466 e. The van der Waals surface area contributed by atoms with Crippen molar-refractivity contribution in [1.82, 2.24) is 5.43 Å². The van der Waals surface area contributed by atoms with Gasteiger partial charge in [-0.1, -0.05) is 26.2 Å². The summed E-state index contributed by atoms with van der Waals surface area (Å²) in [6.45, 7) is 6.05. The van der Waals surface area contributed by atoms with Gasteiger partial charge >= 0.3 is 0 Å². The fourth-order valence-corrected chi connectivity index (χ4v) is 3.07. The Morgan fingerprint density at radius 1 is 1.35 bits per heavy atom. The maximum absolute atomic E-state index is 5.71. The number of hydrazine groups is 1. The minimum Gasteiger partial charge on any atom is -0.382 e. The first-order valence-electron chi connectivity index (χ1n) is 7.35. The lowest BCUT2D eigenvalue weighted by molar-refractivity contribution is 0.132. The topological polar surface area (TPSA) is 47.3 Å². The van der Waals surface area contributed by atoms with Crippen LogP contribution in [0.2, 0.25) is 0 Å². The van der Waals surface area contributed by atoms with Crippen LogP contribution in [0.25, 0.3) is 0 Å². The molecule has 3 unspecified atom stereocenters. The Balaban J connectivity index is 2.27. The fourth-order valence-electron chi connectivity index (χ4n) is 3.07. The summed E-state index contributed by atoms with van der Waals surface area (Å²) in [5, 5.41) is 0. The van der Waals surface area contributed by atoms with Crippen LogP contribution >= 0.6 is 0 Å². The van der Waals surface area contributed by atoms with Crippen LogP contribution in [0, 0.1) is 11.8 Å². The third-order valence-electron chi connectivity index (χ3n) is 4.19. The van der Waals surface area contributed by atoms with Crippen molar-refractivity contribution >= 4 is 0 Å². The average molecular weight is 242 g/mol. The largest absolute Gasteiger partial charge is 0.382 e. The van der Waals surface area contributed by atoms with Gasteiger partial charge in [0, 0.05) is 19.3 Å². The Morgan fingerprint density at radius 3 is 2.82 bits per heavy atom. The average Bonchev–Trinajstić information content (AvgIpc) is 2.39. The molecule has 1 fully saturated rings. The van der Waals surface area contributed by atoms with Gasteiger partial charge in [0.05, 0.1) is 0 Å². The zero-order chi connectivity index (χ0) is 12.5. The van der Waals surface area contributed by atoms with E-state index in [1.807, 2.05) is 6.92 Å². The molecule has 1 saturated carbocycles. The van der Waals surface area contributed by atoms with Crippen molar-refractivity contribution in [3.8, 4) is 0 Å². The van der Waals surface area contributed by atoms with Crippen LogP contribution in [-0.4, -0.2) is 19.3 Å². The van der Waals surface area contributed by atoms with Crippen molar-refractivity contribution < 1.29 is 4.74 Å². The number of ether oxygens (including phenoxy) is 1. The summed E-state index contributed by atoms with van der Waals surface area (Å²) in [6, 6.07) is 0.491. The van der Waals surface area contributed by atoms with Gasteiger partial charge in [-0.2, -0.15) is 0 Å². The summed E-state index contributed by atoms with van der Waals surface area (Å²) >= 11 is 0. The molecule has 0 saturated heterocycles. The molecule has 0 aromatic rings. The monoisotopic (exact) mass is 242 g/mol. The van der Waals surface area contributed by atoms with Crippen molar-refractivity contribution in [3.63, 3.8) is 0 Å². The van der Waals surface area contributed by atoms with Crippen LogP contribution in [0.3, 0.4) is 0 Å². The van der Waals surface area contributed by atoms with E-state index in [9.17, 15) is 0 Å². The van der Waals surface area contributed by atoms with E-state index in [0.29, 0.717) is 6.04 Å². The first-order valence-corrected chi connectivity index (χ1v) is 7.35. The van der Waals surface area contributed by atoms with E-state index in [2.05, 4.69) is 12.3 Å². The second-order valence-corrected chi connectivity index (χ2v) is 5.31. The van der Waals surface area contributed by atoms with E-state index < -0.39 is 0 Å². The molecule has 1 rings (SSSR count). The van der Waals surface area contributed by atoms with Crippen molar-refractivity contribution in [2.75, 3.05) is 13.2 Å². The van der Waals surface area contributed by atoms with Gasteiger partial charge in [0.25, 0.3) is 0 Å². The van der Waals surface area contributed by atoms with E-state index in [-0.39, 0.29) is 0 Å². The van der Waals surface area contributed by atoms with Gasteiger partial charge in [-0.25, -0.2) is 0 Å². The quantitative estimate of drug-likeness (QED) is 0.391. The third kappa shape index (κ3) is 5.36. The van der Waals surface area contributed by atoms with Gasteiger partial charge in [0.15, 0.2) is 0 Å². The van der Waals surface area contributed by atoms with E-state index >= 15 is 0 Å². The zero-order valence-corrected chi connectivity index (χ0v) is 11.6. The highest BCUT2D eigenvalue weighted by molar-refractivity contribution is 4.81. The van der Waals surface area contributed by atoms with Gasteiger partial charge in [-0.3, -0.25) is 11.3 Å². The molecule has 1 aliphatic rings. The van der Waals surface area contributed by atoms with Gasteiger partial charge in [0.2, 0.25) is 0 Å². The Hall–Kier alpha value is -0.120. The predicted octanol–water partition coefficient (Wildman–Crippen LogP) is 2.85. The summed E-state index contributed by atoms with van der Waals surface area (Å²) in [5.74, 6) is 7.42.